The van der Waals surface area contributed by atoms with E-state index < -0.39 is 0 Å². The number of methoxy groups -OCH3 is 1. The number of hydrogen-bond donors (Lipinski definition) is 1. The van der Waals surface area contributed by atoms with E-state index in [1.54, 1.807) is 19.3 Å². The van der Waals surface area contributed by atoms with E-state index >= 15 is 0 Å². The van der Waals surface area contributed by atoms with Crippen molar-refractivity contribution in [1.29, 1.82) is 0 Å². The monoisotopic (exact) mass is 457 g/mol. The van der Waals surface area contributed by atoms with Gasteiger partial charge in [0.25, 0.3) is 0 Å². The van der Waals surface area contributed by atoms with Crippen LogP contribution < -0.4 is 19.7 Å². The molecule has 0 saturated carbocycles. The smallest absolute Gasteiger partial charge is 0.243 e. The van der Waals surface area contributed by atoms with Crippen LogP contribution in [0.2, 0.25) is 5.02 Å². The normalized spacial score (nSPS) is 14.5. The lowest BCUT2D eigenvalue weighted by Gasteiger charge is -2.36. The Kier molecular flexibility index (Phi) is 9.26. The SMILES string of the molecule is CCOc1cc(/C=C/C(=O)NCCCN2CCN(c3ccccc3)CC2)cc(Cl)c1OC. The molecule has 0 radical (unpaired) electrons. The van der Waals surface area contributed by atoms with Crippen molar-refractivity contribution >= 4 is 29.3 Å². The Bertz CT molecular complexity index is 897. The van der Waals surface area contributed by atoms with Gasteiger partial charge < -0.3 is 19.7 Å². The lowest BCUT2D eigenvalue weighted by Crippen LogP contribution is -2.47. The van der Waals surface area contributed by atoms with E-state index in [-0.39, 0.29) is 5.91 Å². The Morgan fingerprint density at radius 3 is 2.59 bits per heavy atom. The van der Waals surface area contributed by atoms with Gasteiger partial charge in [-0.2, -0.15) is 0 Å². The molecule has 32 heavy (non-hydrogen) atoms. The summed E-state index contributed by atoms with van der Waals surface area (Å²) in [5, 5.41) is 3.40. The van der Waals surface area contributed by atoms with E-state index in [9.17, 15) is 4.79 Å². The van der Waals surface area contributed by atoms with Gasteiger partial charge in [0.2, 0.25) is 5.91 Å². The van der Waals surface area contributed by atoms with Gasteiger partial charge in [0, 0.05) is 44.5 Å². The molecule has 1 N–H and O–H groups in total. The van der Waals surface area contributed by atoms with Crippen LogP contribution in [0.15, 0.2) is 48.5 Å². The van der Waals surface area contributed by atoms with Gasteiger partial charge in [0.15, 0.2) is 11.5 Å². The fourth-order valence-corrected chi connectivity index (χ4v) is 4.06. The standard InChI is InChI=1S/C25H32ClN3O3/c1-3-32-23-19-20(18-22(26)25(23)31-2)10-11-24(30)27-12-7-13-28-14-16-29(17-15-28)21-8-5-4-6-9-21/h4-6,8-11,18-19H,3,7,12-17H2,1-2H3,(H,27,30)/b11-10+. The summed E-state index contributed by atoms with van der Waals surface area (Å²) >= 11 is 6.26. The molecule has 6 nitrogen and oxygen atoms in total. The molecule has 1 fully saturated rings. The molecule has 0 unspecified atom stereocenters. The molecule has 0 spiro atoms. The van der Waals surface area contributed by atoms with Crippen LogP contribution in [0.3, 0.4) is 0 Å². The van der Waals surface area contributed by atoms with E-state index in [1.165, 1.54) is 11.8 Å². The maximum Gasteiger partial charge on any atom is 0.243 e. The third kappa shape index (κ3) is 6.90. The third-order valence-electron chi connectivity index (χ3n) is 5.41. The quantitative estimate of drug-likeness (QED) is 0.430. The first kappa shape index (κ1) is 24.0. The predicted molar refractivity (Wildman–Crippen MR) is 131 cm³/mol. The summed E-state index contributed by atoms with van der Waals surface area (Å²) in [7, 11) is 1.55. The van der Waals surface area contributed by atoms with Crippen molar-refractivity contribution in [2.24, 2.45) is 0 Å². The van der Waals surface area contributed by atoms with Crippen molar-refractivity contribution in [3.05, 3.63) is 59.1 Å². The number of anilines is 1. The summed E-state index contributed by atoms with van der Waals surface area (Å²) in [6, 6.07) is 14.1. The van der Waals surface area contributed by atoms with E-state index in [1.807, 2.05) is 19.1 Å². The Balaban J connectivity index is 1.38. The van der Waals surface area contributed by atoms with Crippen LogP contribution in [0.5, 0.6) is 11.5 Å². The van der Waals surface area contributed by atoms with Crippen LogP contribution in [-0.2, 0) is 4.79 Å². The Morgan fingerprint density at radius 1 is 1.16 bits per heavy atom. The molecule has 2 aromatic rings. The summed E-state index contributed by atoms with van der Waals surface area (Å²) in [4.78, 5) is 17.1. The van der Waals surface area contributed by atoms with Gasteiger partial charge in [-0.05, 0) is 55.8 Å². The molecule has 172 valence electrons. The van der Waals surface area contributed by atoms with E-state index in [0.29, 0.717) is 29.7 Å². The van der Waals surface area contributed by atoms with Crippen LogP contribution in [0.25, 0.3) is 6.08 Å². The first-order valence-corrected chi connectivity index (χ1v) is 11.5. The Morgan fingerprint density at radius 2 is 1.91 bits per heavy atom. The molecule has 0 aromatic heterocycles. The minimum atomic E-state index is -0.121. The zero-order valence-corrected chi connectivity index (χ0v) is 19.6. The van der Waals surface area contributed by atoms with E-state index in [4.69, 9.17) is 21.1 Å². The highest BCUT2D eigenvalue weighted by Crippen LogP contribution is 2.36. The third-order valence-corrected chi connectivity index (χ3v) is 5.69. The maximum atomic E-state index is 12.2. The van der Waals surface area contributed by atoms with Crippen LogP contribution >= 0.6 is 11.6 Å². The Labute approximate surface area is 195 Å². The molecule has 0 atom stereocenters. The number of piperazine rings is 1. The molecular formula is C25H32ClN3O3. The van der Waals surface area contributed by atoms with Crippen LogP contribution in [-0.4, -0.2) is 63.8 Å². The van der Waals surface area contributed by atoms with Gasteiger partial charge in [-0.25, -0.2) is 0 Å². The summed E-state index contributed by atoms with van der Waals surface area (Å²) in [5.41, 5.74) is 2.07. The number of halogens is 1. The topological polar surface area (TPSA) is 54.0 Å². The summed E-state index contributed by atoms with van der Waals surface area (Å²) in [6.45, 7) is 8.19. The summed E-state index contributed by atoms with van der Waals surface area (Å²) in [6.07, 6.45) is 4.17. The highest BCUT2D eigenvalue weighted by Gasteiger charge is 2.16. The predicted octanol–water partition coefficient (Wildman–Crippen LogP) is 4.09. The molecule has 1 aliphatic rings. The number of hydrogen-bond acceptors (Lipinski definition) is 5. The zero-order valence-electron chi connectivity index (χ0n) is 18.9. The molecule has 7 heteroatoms. The minimum Gasteiger partial charge on any atom is -0.491 e. The molecule has 0 aliphatic carbocycles. The number of carbonyl (C=O) groups excluding carboxylic acids is 1. The second kappa shape index (κ2) is 12.4. The Hall–Kier alpha value is -2.70. The molecule has 0 bridgehead atoms. The van der Waals surface area contributed by atoms with Crippen molar-refractivity contribution in [3.8, 4) is 11.5 Å². The van der Waals surface area contributed by atoms with Gasteiger partial charge >= 0.3 is 0 Å². The maximum absolute atomic E-state index is 12.2. The highest BCUT2D eigenvalue weighted by molar-refractivity contribution is 6.32. The molecule has 3 rings (SSSR count). The van der Waals surface area contributed by atoms with Crippen molar-refractivity contribution in [2.75, 3.05) is 57.9 Å². The number of nitrogens with one attached hydrogen (secondary N) is 1. The highest BCUT2D eigenvalue weighted by atomic mass is 35.5. The van der Waals surface area contributed by atoms with Gasteiger partial charge in [0.05, 0.1) is 18.7 Å². The molecule has 1 amide bonds. The minimum absolute atomic E-state index is 0.121. The first-order chi connectivity index (χ1) is 15.6. The summed E-state index contributed by atoms with van der Waals surface area (Å²) < 4.78 is 10.9. The van der Waals surface area contributed by atoms with E-state index in [0.717, 1.165) is 44.7 Å². The van der Waals surface area contributed by atoms with Gasteiger partial charge in [-0.3, -0.25) is 9.69 Å². The molecule has 1 heterocycles. The lowest BCUT2D eigenvalue weighted by molar-refractivity contribution is -0.116. The van der Waals surface area contributed by atoms with Crippen molar-refractivity contribution in [1.82, 2.24) is 10.2 Å². The zero-order chi connectivity index (χ0) is 22.8. The van der Waals surface area contributed by atoms with Crippen molar-refractivity contribution in [3.63, 3.8) is 0 Å². The fourth-order valence-electron chi connectivity index (χ4n) is 3.76. The number of nitrogens with zero attached hydrogens (tertiary/aromatic N) is 2. The lowest BCUT2D eigenvalue weighted by atomic mass is 10.2. The largest absolute Gasteiger partial charge is 0.491 e. The second-order valence-corrected chi connectivity index (χ2v) is 8.02. The average Bonchev–Trinajstić information content (AvgIpc) is 2.81. The number of carbonyl (C=O) groups is 1. The molecular weight excluding hydrogens is 426 g/mol. The van der Waals surface area contributed by atoms with Gasteiger partial charge in [-0.1, -0.05) is 29.8 Å². The van der Waals surface area contributed by atoms with Crippen LogP contribution in [0, 0.1) is 0 Å². The van der Waals surface area contributed by atoms with E-state index in [2.05, 4.69) is 39.4 Å². The van der Waals surface area contributed by atoms with Gasteiger partial charge in [-0.15, -0.1) is 0 Å². The van der Waals surface area contributed by atoms with Gasteiger partial charge in [0.1, 0.15) is 0 Å². The molecule has 2 aromatic carbocycles. The van der Waals surface area contributed by atoms with Crippen LogP contribution in [0.4, 0.5) is 5.69 Å². The number of benzene rings is 2. The number of rotatable bonds is 10. The van der Waals surface area contributed by atoms with Crippen LogP contribution in [0.1, 0.15) is 18.9 Å². The number of ether oxygens (including phenoxy) is 2. The first-order valence-electron chi connectivity index (χ1n) is 11.1. The average molecular weight is 458 g/mol. The second-order valence-electron chi connectivity index (χ2n) is 7.61. The molecule has 1 aliphatic heterocycles. The molecule has 1 saturated heterocycles. The number of amides is 1. The summed E-state index contributed by atoms with van der Waals surface area (Å²) in [5.74, 6) is 0.943. The fraction of sp³-hybridized carbons (Fsp3) is 0.400. The number of para-hydroxylation sites is 1. The van der Waals surface area contributed by atoms with Crippen molar-refractivity contribution in [2.45, 2.75) is 13.3 Å². The van der Waals surface area contributed by atoms with Crippen molar-refractivity contribution < 1.29 is 14.3 Å².